The van der Waals surface area contributed by atoms with Crippen molar-refractivity contribution in [2.45, 2.75) is 20.4 Å². The topological polar surface area (TPSA) is 37.8 Å². The van der Waals surface area contributed by atoms with Gasteiger partial charge in [0.2, 0.25) is 5.28 Å². The molecule has 0 spiro atoms. The molecule has 1 aromatic carbocycles. The summed E-state index contributed by atoms with van der Waals surface area (Å²) < 4.78 is 0. The van der Waals surface area contributed by atoms with Gasteiger partial charge in [-0.15, -0.1) is 0 Å². The minimum absolute atomic E-state index is 0.163. The summed E-state index contributed by atoms with van der Waals surface area (Å²) in [6, 6.07) is 6.17. The van der Waals surface area contributed by atoms with Gasteiger partial charge in [0.15, 0.2) is 0 Å². The van der Waals surface area contributed by atoms with E-state index in [0.29, 0.717) is 11.7 Å². The number of para-hydroxylation sites is 1. The molecule has 2 aromatic rings. The molecule has 0 unspecified atom stereocenters. The van der Waals surface area contributed by atoms with E-state index in [1.165, 1.54) is 11.1 Å². The summed E-state index contributed by atoms with van der Waals surface area (Å²) >= 11 is 11.7. The van der Waals surface area contributed by atoms with E-state index >= 15 is 0 Å². The number of nitrogens with one attached hydrogen (secondary N) is 1. The van der Waals surface area contributed by atoms with Gasteiger partial charge < -0.3 is 5.32 Å². The van der Waals surface area contributed by atoms with Gasteiger partial charge in [-0.25, -0.2) is 9.97 Å². The number of aromatic nitrogens is 2. The molecule has 0 bridgehead atoms. The molecule has 0 saturated carbocycles. The molecule has 1 heterocycles. The minimum atomic E-state index is 0.163. The largest absolute Gasteiger partial charge is 0.380 e. The summed E-state index contributed by atoms with van der Waals surface area (Å²) in [5.74, 6) is 0. The zero-order chi connectivity index (χ0) is 13.1. The predicted molar refractivity (Wildman–Crippen MR) is 75.3 cm³/mol. The minimum Gasteiger partial charge on any atom is -0.380 e. The number of halogens is 2. The molecule has 5 heteroatoms. The van der Waals surface area contributed by atoms with Crippen LogP contribution < -0.4 is 5.32 Å². The first-order valence-corrected chi connectivity index (χ1v) is 6.30. The lowest BCUT2D eigenvalue weighted by molar-refractivity contribution is 1.05. The van der Waals surface area contributed by atoms with Crippen molar-refractivity contribution < 1.29 is 0 Å². The van der Waals surface area contributed by atoms with E-state index in [4.69, 9.17) is 23.2 Å². The number of hydrogen-bond donors (Lipinski definition) is 1. The Kier molecular flexibility index (Phi) is 4.04. The van der Waals surface area contributed by atoms with Crippen molar-refractivity contribution in [2.24, 2.45) is 0 Å². The van der Waals surface area contributed by atoms with E-state index in [-0.39, 0.29) is 5.28 Å². The maximum Gasteiger partial charge on any atom is 0.223 e. The second kappa shape index (κ2) is 5.55. The van der Waals surface area contributed by atoms with Crippen LogP contribution in [-0.4, -0.2) is 9.97 Å². The Labute approximate surface area is 116 Å². The van der Waals surface area contributed by atoms with E-state index in [2.05, 4.69) is 41.3 Å². The van der Waals surface area contributed by atoms with Crippen LogP contribution in [0.4, 0.5) is 5.69 Å². The molecule has 1 N–H and O–H groups in total. The first kappa shape index (κ1) is 13.1. The summed E-state index contributed by atoms with van der Waals surface area (Å²) in [5, 5.41) is 3.90. The molecule has 0 aliphatic carbocycles. The van der Waals surface area contributed by atoms with Crippen molar-refractivity contribution in [3.63, 3.8) is 0 Å². The van der Waals surface area contributed by atoms with Gasteiger partial charge in [0.1, 0.15) is 5.15 Å². The fraction of sp³-hybridized carbons (Fsp3) is 0.231. The number of aryl methyl sites for hydroxylation is 2. The molecule has 3 nitrogen and oxygen atoms in total. The summed E-state index contributed by atoms with van der Waals surface area (Å²) in [6.45, 7) is 4.70. The number of anilines is 1. The molecule has 1 aromatic heterocycles. The lowest BCUT2D eigenvalue weighted by Gasteiger charge is -2.12. The van der Waals surface area contributed by atoms with Crippen LogP contribution in [0.25, 0.3) is 0 Å². The fourth-order valence-electron chi connectivity index (χ4n) is 1.76. The first-order valence-electron chi connectivity index (χ1n) is 5.55. The molecule has 0 saturated heterocycles. The first-order chi connectivity index (χ1) is 8.58. The predicted octanol–water partition coefficient (Wildman–Crippen LogP) is 4.01. The van der Waals surface area contributed by atoms with Crippen molar-refractivity contribution in [1.82, 2.24) is 9.97 Å². The van der Waals surface area contributed by atoms with Crippen LogP contribution in [0.3, 0.4) is 0 Å². The summed E-state index contributed by atoms with van der Waals surface area (Å²) in [4.78, 5) is 7.84. The normalized spacial score (nSPS) is 10.4. The second-order valence-corrected chi connectivity index (χ2v) is 4.77. The number of rotatable bonds is 3. The Hall–Kier alpha value is -1.32. The van der Waals surface area contributed by atoms with Crippen LogP contribution in [0.5, 0.6) is 0 Å². The molecule has 0 amide bonds. The van der Waals surface area contributed by atoms with Crippen LogP contribution in [0, 0.1) is 13.8 Å². The smallest absolute Gasteiger partial charge is 0.223 e. The van der Waals surface area contributed by atoms with Crippen LogP contribution in [0.15, 0.2) is 24.4 Å². The standard InChI is InChI=1S/C13H13Cl2N3/c1-8-4-3-5-9(2)11(8)16-6-10-7-17-13(15)18-12(10)14/h3-5,7,16H,6H2,1-2H3. The van der Waals surface area contributed by atoms with Crippen molar-refractivity contribution in [3.8, 4) is 0 Å². The molecule has 0 atom stereocenters. The maximum absolute atomic E-state index is 6.00. The lowest BCUT2D eigenvalue weighted by Crippen LogP contribution is -2.04. The molecule has 0 radical (unpaired) electrons. The highest BCUT2D eigenvalue weighted by atomic mass is 35.5. The molecular weight excluding hydrogens is 269 g/mol. The summed E-state index contributed by atoms with van der Waals surface area (Å²) in [5.41, 5.74) is 4.33. The fourth-order valence-corrected chi connectivity index (χ4v) is 2.13. The Morgan fingerprint density at radius 3 is 2.44 bits per heavy atom. The van der Waals surface area contributed by atoms with Crippen LogP contribution in [0.1, 0.15) is 16.7 Å². The molecule has 18 heavy (non-hydrogen) atoms. The molecule has 94 valence electrons. The van der Waals surface area contributed by atoms with Gasteiger partial charge in [0.25, 0.3) is 0 Å². The quantitative estimate of drug-likeness (QED) is 0.682. The Bertz CT molecular complexity index is 550. The molecular formula is C13H13Cl2N3. The number of benzene rings is 1. The van der Waals surface area contributed by atoms with Crippen LogP contribution in [0.2, 0.25) is 10.4 Å². The highest BCUT2D eigenvalue weighted by Crippen LogP contribution is 2.21. The van der Waals surface area contributed by atoms with E-state index in [0.717, 1.165) is 11.3 Å². The third-order valence-corrected chi connectivity index (χ3v) is 3.23. The van der Waals surface area contributed by atoms with Crippen LogP contribution >= 0.6 is 23.2 Å². The SMILES string of the molecule is Cc1cccc(C)c1NCc1cnc(Cl)nc1Cl. The van der Waals surface area contributed by atoms with Crippen LogP contribution in [-0.2, 0) is 6.54 Å². The summed E-state index contributed by atoms with van der Waals surface area (Å²) in [6.07, 6.45) is 1.64. The molecule has 2 rings (SSSR count). The highest BCUT2D eigenvalue weighted by molar-refractivity contribution is 6.32. The molecule has 0 fully saturated rings. The van der Waals surface area contributed by atoms with E-state index in [9.17, 15) is 0 Å². The van der Waals surface area contributed by atoms with Crippen molar-refractivity contribution in [1.29, 1.82) is 0 Å². The third-order valence-electron chi connectivity index (χ3n) is 2.72. The average molecular weight is 282 g/mol. The van der Waals surface area contributed by atoms with Gasteiger partial charge >= 0.3 is 0 Å². The Balaban J connectivity index is 2.16. The number of hydrogen-bond acceptors (Lipinski definition) is 3. The van der Waals surface area contributed by atoms with Gasteiger partial charge in [0, 0.05) is 24.0 Å². The maximum atomic E-state index is 6.00. The second-order valence-electron chi connectivity index (χ2n) is 4.08. The Morgan fingerprint density at radius 2 is 1.83 bits per heavy atom. The van der Waals surface area contributed by atoms with Crippen molar-refractivity contribution in [2.75, 3.05) is 5.32 Å². The summed E-state index contributed by atoms with van der Waals surface area (Å²) in [7, 11) is 0. The van der Waals surface area contributed by atoms with E-state index < -0.39 is 0 Å². The van der Waals surface area contributed by atoms with Gasteiger partial charge in [-0.2, -0.15) is 0 Å². The number of nitrogens with zero attached hydrogens (tertiary/aromatic N) is 2. The highest BCUT2D eigenvalue weighted by Gasteiger charge is 2.06. The zero-order valence-electron chi connectivity index (χ0n) is 10.2. The average Bonchev–Trinajstić information content (AvgIpc) is 2.31. The van der Waals surface area contributed by atoms with E-state index in [1.807, 2.05) is 6.07 Å². The third kappa shape index (κ3) is 2.92. The monoisotopic (exact) mass is 281 g/mol. The van der Waals surface area contributed by atoms with E-state index in [1.54, 1.807) is 6.20 Å². The van der Waals surface area contributed by atoms with Crippen molar-refractivity contribution in [3.05, 3.63) is 51.5 Å². The van der Waals surface area contributed by atoms with Crippen molar-refractivity contribution >= 4 is 28.9 Å². The van der Waals surface area contributed by atoms with Gasteiger partial charge in [-0.3, -0.25) is 0 Å². The Morgan fingerprint density at radius 1 is 1.17 bits per heavy atom. The van der Waals surface area contributed by atoms with Gasteiger partial charge in [-0.05, 0) is 36.6 Å². The zero-order valence-corrected chi connectivity index (χ0v) is 11.7. The molecule has 0 aliphatic heterocycles. The molecule has 0 aliphatic rings. The van der Waals surface area contributed by atoms with Gasteiger partial charge in [-0.1, -0.05) is 29.8 Å². The van der Waals surface area contributed by atoms with Gasteiger partial charge in [0.05, 0.1) is 0 Å². The lowest BCUT2D eigenvalue weighted by atomic mass is 10.1.